The Bertz CT molecular complexity index is 2450. The molecule has 1 N–H and O–H groups in total. The van der Waals surface area contributed by atoms with Gasteiger partial charge < -0.3 is 42.6 Å². The number of anilines is 1. The molecule has 20 heteroatoms. The number of hydrogen-bond donors (Lipinski definition) is 1. The summed E-state index contributed by atoms with van der Waals surface area (Å²) in [4.78, 5) is 12.3. The molecule has 2 atom stereocenters. The minimum Gasteiger partial charge on any atom is -0.748 e. The van der Waals surface area contributed by atoms with Crippen molar-refractivity contribution >= 4 is 53.4 Å². The van der Waals surface area contributed by atoms with Crippen molar-refractivity contribution in [2.75, 3.05) is 77.6 Å². The lowest BCUT2D eigenvalue weighted by Crippen LogP contribution is -2.32. The van der Waals surface area contributed by atoms with E-state index in [9.17, 15) is 43.7 Å². The molecule has 2 aliphatic heterocycles. The van der Waals surface area contributed by atoms with Gasteiger partial charge in [-0.15, -0.1) is 0 Å². The predicted molar refractivity (Wildman–Crippen MR) is 236 cm³/mol. The maximum absolute atomic E-state index is 12.1. The lowest BCUT2D eigenvalue weighted by Gasteiger charge is -2.30. The lowest BCUT2D eigenvalue weighted by molar-refractivity contribution is -0.438. The van der Waals surface area contributed by atoms with Crippen LogP contribution in [-0.2, 0) is 64.9 Å². The second-order valence-electron chi connectivity index (χ2n) is 15.8. The van der Waals surface area contributed by atoms with E-state index in [-0.39, 0.29) is 24.2 Å². The monoisotopic (exact) mass is 950 g/mol. The first-order chi connectivity index (χ1) is 30.2. The van der Waals surface area contributed by atoms with E-state index in [4.69, 9.17) is 24.1 Å². The van der Waals surface area contributed by atoms with Crippen LogP contribution in [0.4, 0.5) is 11.4 Å². The van der Waals surface area contributed by atoms with E-state index in [1.54, 1.807) is 57.6 Å². The van der Waals surface area contributed by atoms with Crippen LogP contribution in [0.5, 0.6) is 0 Å². The molecule has 2 aliphatic rings. The van der Waals surface area contributed by atoms with Gasteiger partial charge in [-0.05, 0) is 87.9 Å². The van der Waals surface area contributed by atoms with Crippen LogP contribution in [-0.4, -0.2) is 133 Å². The Labute approximate surface area is 377 Å². The molecule has 354 valence electrons. The molecule has 64 heavy (non-hydrogen) atoms. The molecular formula is C44H58N2O15S3-2. The number of carbonyl (C=O) groups is 1. The summed E-state index contributed by atoms with van der Waals surface area (Å²) < 4.78 is 131. The third-order valence-electron chi connectivity index (χ3n) is 11.4. The summed E-state index contributed by atoms with van der Waals surface area (Å²) in [6.45, 7) is 6.79. The van der Waals surface area contributed by atoms with Crippen molar-refractivity contribution in [2.24, 2.45) is 0 Å². The van der Waals surface area contributed by atoms with Crippen LogP contribution in [0.3, 0.4) is 0 Å². The van der Waals surface area contributed by atoms with Gasteiger partial charge in [0.05, 0.1) is 58.4 Å². The van der Waals surface area contributed by atoms with E-state index >= 15 is 0 Å². The van der Waals surface area contributed by atoms with Gasteiger partial charge in [0.1, 0.15) is 26.8 Å². The number of ether oxygens (including phenoxy) is 4. The second kappa shape index (κ2) is 23.4. The molecule has 0 spiro atoms. The molecule has 2 unspecified atom stereocenters. The molecule has 0 bridgehead atoms. The van der Waals surface area contributed by atoms with E-state index < -0.39 is 57.8 Å². The van der Waals surface area contributed by atoms with Crippen molar-refractivity contribution in [3.05, 3.63) is 95.8 Å². The summed E-state index contributed by atoms with van der Waals surface area (Å²) in [5.41, 5.74) is 2.12. The summed E-state index contributed by atoms with van der Waals surface area (Å²) in [5, 5.41) is 9.11. The van der Waals surface area contributed by atoms with Crippen molar-refractivity contribution in [1.82, 2.24) is 0 Å². The van der Waals surface area contributed by atoms with Gasteiger partial charge in [-0.3, -0.25) is 4.79 Å². The molecule has 17 nitrogen and oxygen atoms in total. The van der Waals surface area contributed by atoms with Gasteiger partial charge in [-0.2, -0.15) is 4.58 Å². The first-order valence-corrected chi connectivity index (χ1v) is 25.2. The van der Waals surface area contributed by atoms with Gasteiger partial charge in [0, 0.05) is 80.5 Å². The SMILES string of the molecule is COCCOCCOCCC1(C)\C(=C/C=C/C=C/C=C/C2=[N+](CCCCCC(=O)O)c3ccc(S(=O)(=O)[O-])cc3C2(C)CCCS(=O)(=O)[O-])N(CCOC)c2ccc(S(=O)(=O)[O-])cc21. The normalized spacial score (nSPS) is 19.9. The van der Waals surface area contributed by atoms with Crippen molar-refractivity contribution in [3.8, 4) is 0 Å². The summed E-state index contributed by atoms with van der Waals surface area (Å²) in [6.07, 6.45) is 14.7. The first kappa shape index (κ1) is 52.5. The molecule has 2 heterocycles. The van der Waals surface area contributed by atoms with E-state index in [1.807, 2.05) is 28.6 Å². The molecule has 2 aromatic carbocycles. The van der Waals surface area contributed by atoms with Crippen LogP contribution >= 0.6 is 0 Å². The largest absolute Gasteiger partial charge is 0.748 e. The Balaban J connectivity index is 1.69. The van der Waals surface area contributed by atoms with E-state index in [0.717, 1.165) is 11.4 Å². The van der Waals surface area contributed by atoms with Crippen LogP contribution in [0.15, 0.2) is 94.4 Å². The number of carboxylic acids is 1. The van der Waals surface area contributed by atoms with Crippen LogP contribution < -0.4 is 4.90 Å². The average Bonchev–Trinajstić information content (AvgIpc) is 3.58. The highest BCUT2D eigenvalue weighted by Crippen LogP contribution is 2.51. The van der Waals surface area contributed by atoms with Gasteiger partial charge in [-0.1, -0.05) is 30.4 Å². The first-order valence-electron chi connectivity index (χ1n) is 20.8. The zero-order valence-corrected chi connectivity index (χ0v) is 39.1. The number of aliphatic carboxylic acids is 1. The van der Waals surface area contributed by atoms with Gasteiger partial charge in [0.2, 0.25) is 5.69 Å². The molecule has 0 fully saturated rings. The van der Waals surface area contributed by atoms with Crippen LogP contribution in [0, 0.1) is 0 Å². The van der Waals surface area contributed by atoms with Crippen LogP contribution in [0.2, 0.25) is 0 Å². The molecular weight excluding hydrogens is 893 g/mol. The quantitative estimate of drug-likeness (QED) is 0.0517. The maximum atomic E-state index is 12.1. The number of rotatable bonds is 28. The minimum atomic E-state index is -4.85. The molecule has 0 saturated carbocycles. The third-order valence-corrected chi connectivity index (χ3v) is 13.8. The van der Waals surface area contributed by atoms with Crippen molar-refractivity contribution in [2.45, 2.75) is 79.4 Å². The Morgan fingerprint density at radius 1 is 0.719 bits per heavy atom. The second-order valence-corrected chi connectivity index (χ2v) is 20.1. The number of unbranched alkanes of at least 4 members (excludes halogenated alkanes) is 2. The molecule has 0 amide bonds. The fraction of sp³-hybridized carbons (Fsp3) is 0.500. The zero-order valence-electron chi connectivity index (χ0n) is 36.6. The standard InChI is InChI=1S/C44H60N2O15S3/c1-43(21-13-31-62(49,50)51)36-32-34(63(52,53)54)17-19-38(36)45(23-12-8-11-16-42(47)48)40(43)14-9-6-5-7-10-15-41-44(2,22-25-60-29-30-61-28-27-59-4)37-33-35(64(55,56)57)18-20-39(37)46(41)24-26-58-3/h5-7,9-10,14-15,17-20,32-33H,8,11-13,16,21-31H2,1-4H3,(H3-,47,48,49,50,51,52,53,54,55,56,57)/p-2. The van der Waals surface area contributed by atoms with Crippen LogP contribution in [0.1, 0.15) is 69.9 Å². The molecule has 0 aliphatic carbocycles. The lowest BCUT2D eigenvalue weighted by atomic mass is 9.76. The van der Waals surface area contributed by atoms with Crippen molar-refractivity contribution < 1.29 is 72.3 Å². The highest BCUT2D eigenvalue weighted by molar-refractivity contribution is 7.86. The zero-order chi connectivity index (χ0) is 47.2. The fourth-order valence-electron chi connectivity index (χ4n) is 8.12. The Morgan fingerprint density at radius 3 is 1.97 bits per heavy atom. The summed E-state index contributed by atoms with van der Waals surface area (Å²) in [6, 6.07) is 8.39. The van der Waals surface area contributed by atoms with Gasteiger partial charge >= 0.3 is 5.97 Å². The highest BCUT2D eigenvalue weighted by atomic mass is 32.2. The van der Waals surface area contributed by atoms with Gasteiger partial charge in [0.25, 0.3) is 0 Å². The Kier molecular flexibility index (Phi) is 19.2. The Morgan fingerprint density at radius 2 is 1.33 bits per heavy atom. The predicted octanol–water partition coefficient (Wildman–Crippen LogP) is 4.87. The molecule has 0 saturated heterocycles. The van der Waals surface area contributed by atoms with Crippen LogP contribution in [0.25, 0.3) is 0 Å². The number of allylic oxidation sites excluding steroid dienone is 8. The molecule has 4 rings (SSSR count). The summed E-state index contributed by atoms with van der Waals surface area (Å²) in [5.74, 6) is -1.56. The van der Waals surface area contributed by atoms with E-state index in [2.05, 4.69) is 0 Å². The third kappa shape index (κ3) is 14.2. The van der Waals surface area contributed by atoms with E-state index in [1.165, 1.54) is 30.3 Å². The van der Waals surface area contributed by atoms with Crippen molar-refractivity contribution in [3.63, 3.8) is 0 Å². The number of carboxylic acid groups (broad SMARTS) is 1. The molecule has 0 radical (unpaired) electrons. The highest BCUT2D eigenvalue weighted by Gasteiger charge is 2.48. The smallest absolute Gasteiger partial charge is 0.303 e. The maximum Gasteiger partial charge on any atom is 0.303 e. The number of fused-ring (bicyclic) bond motifs is 2. The molecule has 0 aromatic heterocycles. The number of benzene rings is 2. The minimum absolute atomic E-state index is 0.00150. The fourth-order valence-corrected chi connectivity index (χ4v) is 9.61. The number of hydrogen-bond acceptors (Lipinski definition) is 15. The Hall–Kier alpha value is -4.09. The van der Waals surface area contributed by atoms with Crippen molar-refractivity contribution in [1.29, 1.82) is 0 Å². The van der Waals surface area contributed by atoms with Gasteiger partial charge in [-0.25, -0.2) is 25.3 Å². The number of methoxy groups -OCH3 is 2. The van der Waals surface area contributed by atoms with Gasteiger partial charge in [0.15, 0.2) is 5.71 Å². The average molecular weight is 951 g/mol. The van der Waals surface area contributed by atoms with E-state index in [0.29, 0.717) is 101 Å². The molecule has 2 aromatic rings. The number of nitrogens with zero attached hydrogens (tertiary/aromatic N) is 2. The summed E-state index contributed by atoms with van der Waals surface area (Å²) >= 11 is 0. The topological polar surface area (TPSA) is 252 Å². The summed E-state index contributed by atoms with van der Waals surface area (Å²) in [7, 11) is -11.0.